The molecule has 0 aliphatic carbocycles. The van der Waals surface area contributed by atoms with Crippen LogP contribution in [0.15, 0.2) is 24.3 Å². The topological polar surface area (TPSA) is 55.1 Å². The van der Waals surface area contributed by atoms with Crippen molar-refractivity contribution in [1.82, 2.24) is 5.32 Å². The average Bonchev–Trinajstić information content (AvgIpc) is 2.32. The summed E-state index contributed by atoms with van der Waals surface area (Å²) in [5, 5.41) is 3.58. The fraction of sp³-hybridized carbons (Fsp3) is 0.462. The van der Waals surface area contributed by atoms with Crippen LogP contribution in [-0.2, 0) is 11.2 Å². The third-order valence-corrected chi connectivity index (χ3v) is 2.73. The molecule has 0 saturated heterocycles. The second kappa shape index (κ2) is 8.09. The third kappa shape index (κ3) is 6.29. The number of amides is 1. The molecule has 94 valence electrons. The van der Waals surface area contributed by atoms with Crippen molar-refractivity contribution in [2.45, 2.75) is 25.7 Å². The Labute approximate surface area is 107 Å². The number of carbonyl (C=O) groups excluding carboxylic acids is 1. The first-order valence-corrected chi connectivity index (χ1v) is 6.31. The summed E-state index contributed by atoms with van der Waals surface area (Å²) in [6.07, 6.45) is 3.49. The minimum Gasteiger partial charge on any atom is -0.356 e. The highest BCUT2D eigenvalue weighted by atomic mass is 35.5. The summed E-state index contributed by atoms with van der Waals surface area (Å²) in [5.41, 5.74) is 6.37. The Bertz CT molecular complexity index is 338. The first-order chi connectivity index (χ1) is 8.22. The first kappa shape index (κ1) is 14.0. The molecule has 0 saturated carbocycles. The summed E-state index contributed by atoms with van der Waals surface area (Å²) in [5.74, 6) is 0.0556. The van der Waals surface area contributed by atoms with Crippen molar-refractivity contribution in [2.24, 2.45) is 5.73 Å². The van der Waals surface area contributed by atoms with Gasteiger partial charge in [-0.2, -0.15) is 0 Å². The zero-order chi connectivity index (χ0) is 12.5. The van der Waals surface area contributed by atoms with Crippen LogP contribution in [0, 0.1) is 0 Å². The van der Waals surface area contributed by atoms with Crippen molar-refractivity contribution in [3.05, 3.63) is 34.9 Å². The number of rotatable bonds is 7. The zero-order valence-corrected chi connectivity index (χ0v) is 10.7. The van der Waals surface area contributed by atoms with E-state index in [4.69, 9.17) is 17.3 Å². The van der Waals surface area contributed by atoms with Crippen molar-refractivity contribution in [3.63, 3.8) is 0 Å². The van der Waals surface area contributed by atoms with Gasteiger partial charge in [-0.25, -0.2) is 0 Å². The van der Waals surface area contributed by atoms with Crippen LogP contribution in [-0.4, -0.2) is 19.0 Å². The third-order valence-electron chi connectivity index (χ3n) is 2.48. The minimum absolute atomic E-state index is 0.0556. The number of nitrogens with one attached hydrogen (secondary N) is 1. The molecule has 1 aromatic carbocycles. The van der Waals surface area contributed by atoms with E-state index < -0.39 is 0 Å². The van der Waals surface area contributed by atoms with Crippen molar-refractivity contribution < 1.29 is 4.79 Å². The second-order valence-electron chi connectivity index (χ2n) is 4.00. The van der Waals surface area contributed by atoms with Crippen LogP contribution in [0.5, 0.6) is 0 Å². The van der Waals surface area contributed by atoms with Gasteiger partial charge in [-0.15, -0.1) is 0 Å². The monoisotopic (exact) mass is 254 g/mol. The fourth-order valence-electron chi connectivity index (χ4n) is 1.52. The quantitative estimate of drug-likeness (QED) is 0.733. The molecule has 0 aliphatic heterocycles. The molecular weight excluding hydrogens is 236 g/mol. The Morgan fingerprint density at radius 2 is 1.88 bits per heavy atom. The normalized spacial score (nSPS) is 10.2. The predicted molar refractivity (Wildman–Crippen MR) is 71.1 cm³/mol. The number of carbonyl (C=O) groups is 1. The van der Waals surface area contributed by atoms with E-state index in [1.165, 1.54) is 0 Å². The highest BCUT2D eigenvalue weighted by Crippen LogP contribution is 2.09. The summed E-state index contributed by atoms with van der Waals surface area (Å²) in [6, 6.07) is 7.34. The smallest absolute Gasteiger partial charge is 0.224 e. The summed E-state index contributed by atoms with van der Waals surface area (Å²) >= 11 is 5.77. The van der Waals surface area contributed by atoms with Gasteiger partial charge in [0.15, 0.2) is 0 Å². The molecule has 17 heavy (non-hydrogen) atoms. The largest absolute Gasteiger partial charge is 0.356 e. The van der Waals surface area contributed by atoms with Crippen LogP contribution < -0.4 is 11.1 Å². The Hall–Kier alpha value is -1.06. The van der Waals surface area contributed by atoms with E-state index in [1.54, 1.807) is 12.1 Å². The van der Waals surface area contributed by atoms with E-state index in [9.17, 15) is 4.79 Å². The van der Waals surface area contributed by atoms with Gasteiger partial charge < -0.3 is 11.1 Å². The second-order valence-corrected chi connectivity index (χ2v) is 4.44. The van der Waals surface area contributed by atoms with Gasteiger partial charge >= 0.3 is 0 Å². The molecule has 0 fully saturated rings. The van der Waals surface area contributed by atoms with Crippen LogP contribution in [0.4, 0.5) is 0 Å². The number of hydrogen-bond acceptors (Lipinski definition) is 2. The van der Waals surface area contributed by atoms with Gasteiger partial charge in [0.05, 0.1) is 6.42 Å². The lowest BCUT2D eigenvalue weighted by atomic mass is 10.1. The van der Waals surface area contributed by atoms with Crippen molar-refractivity contribution in [3.8, 4) is 0 Å². The minimum atomic E-state index is 0.0556. The van der Waals surface area contributed by atoms with E-state index in [-0.39, 0.29) is 5.91 Å². The fourth-order valence-corrected chi connectivity index (χ4v) is 1.65. The number of hydrogen-bond donors (Lipinski definition) is 2. The lowest BCUT2D eigenvalue weighted by Gasteiger charge is -2.05. The maximum absolute atomic E-state index is 11.6. The molecule has 0 unspecified atom stereocenters. The molecule has 1 rings (SSSR count). The molecular formula is C13H19ClN2O. The summed E-state index contributed by atoms with van der Waals surface area (Å²) in [4.78, 5) is 11.6. The lowest BCUT2D eigenvalue weighted by Crippen LogP contribution is -2.26. The molecule has 0 bridgehead atoms. The van der Waals surface area contributed by atoms with Gasteiger partial charge in [0.1, 0.15) is 0 Å². The number of halogens is 1. The van der Waals surface area contributed by atoms with E-state index >= 15 is 0 Å². The van der Waals surface area contributed by atoms with Crippen LogP contribution in [0.1, 0.15) is 24.8 Å². The molecule has 0 heterocycles. The first-order valence-electron chi connectivity index (χ1n) is 5.93. The van der Waals surface area contributed by atoms with Gasteiger partial charge in [0.25, 0.3) is 0 Å². The Morgan fingerprint density at radius 3 is 2.53 bits per heavy atom. The highest BCUT2D eigenvalue weighted by Gasteiger charge is 2.02. The Kier molecular flexibility index (Phi) is 6.67. The molecule has 0 spiro atoms. The van der Waals surface area contributed by atoms with E-state index in [2.05, 4.69) is 5.32 Å². The van der Waals surface area contributed by atoms with Gasteiger partial charge in [0, 0.05) is 11.6 Å². The molecule has 3 N–H and O–H groups in total. The van der Waals surface area contributed by atoms with E-state index in [1.807, 2.05) is 12.1 Å². The predicted octanol–water partition coefficient (Wildman–Crippen LogP) is 2.13. The molecule has 3 nitrogen and oxygen atoms in total. The summed E-state index contributed by atoms with van der Waals surface area (Å²) in [6.45, 7) is 1.45. The molecule has 0 aromatic heterocycles. The van der Waals surface area contributed by atoms with Crippen molar-refractivity contribution in [1.29, 1.82) is 0 Å². The summed E-state index contributed by atoms with van der Waals surface area (Å²) < 4.78 is 0. The summed E-state index contributed by atoms with van der Waals surface area (Å²) in [7, 11) is 0. The van der Waals surface area contributed by atoms with Crippen molar-refractivity contribution >= 4 is 17.5 Å². The van der Waals surface area contributed by atoms with Gasteiger partial charge in [-0.05, 0) is 37.1 Å². The number of unbranched alkanes of at least 4 members (excludes halogenated alkanes) is 2. The molecule has 0 radical (unpaired) electrons. The standard InChI is InChI=1S/C13H19ClN2O/c14-12-6-4-11(5-7-12)10-13(17)16-9-3-1-2-8-15/h4-7H,1-3,8-10,15H2,(H,16,17). The number of benzene rings is 1. The molecule has 1 aromatic rings. The molecule has 4 heteroatoms. The van der Waals surface area contributed by atoms with Crippen molar-refractivity contribution in [2.75, 3.05) is 13.1 Å². The van der Waals surface area contributed by atoms with Gasteiger partial charge in [-0.3, -0.25) is 4.79 Å². The van der Waals surface area contributed by atoms with E-state index in [0.29, 0.717) is 11.4 Å². The van der Waals surface area contributed by atoms with Gasteiger partial charge in [-0.1, -0.05) is 30.2 Å². The van der Waals surface area contributed by atoms with Crippen LogP contribution in [0.3, 0.4) is 0 Å². The highest BCUT2D eigenvalue weighted by molar-refractivity contribution is 6.30. The van der Waals surface area contributed by atoms with Gasteiger partial charge in [0.2, 0.25) is 5.91 Å². The molecule has 0 aliphatic rings. The maximum atomic E-state index is 11.6. The van der Waals surface area contributed by atoms with Crippen LogP contribution in [0.2, 0.25) is 5.02 Å². The SMILES string of the molecule is NCCCCCNC(=O)Cc1ccc(Cl)cc1. The maximum Gasteiger partial charge on any atom is 0.224 e. The molecule has 1 amide bonds. The van der Waals surface area contributed by atoms with Crippen LogP contribution >= 0.6 is 11.6 Å². The average molecular weight is 255 g/mol. The van der Waals surface area contributed by atoms with Crippen LogP contribution in [0.25, 0.3) is 0 Å². The van der Waals surface area contributed by atoms with E-state index in [0.717, 1.165) is 37.9 Å². The Balaban J connectivity index is 2.18. The Morgan fingerprint density at radius 1 is 1.18 bits per heavy atom. The molecule has 0 atom stereocenters. The number of nitrogens with two attached hydrogens (primary N) is 1. The lowest BCUT2D eigenvalue weighted by molar-refractivity contribution is -0.120. The zero-order valence-electron chi connectivity index (χ0n) is 9.92.